The summed E-state index contributed by atoms with van der Waals surface area (Å²) in [7, 11) is -3.57. The van der Waals surface area contributed by atoms with E-state index in [1.165, 1.54) is 22.5 Å². The molecule has 2 aromatic carbocycles. The summed E-state index contributed by atoms with van der Waals surface area (Å²) in [5.74, 6) is -0.200. The lowest BCUT2D eigenvalue weighted by atomic mass is 10.2. The molecule has 0 saturated carbocycles. The number of halogens is 2. The van der Waals surface area contributed by atoms with Crippen LogP contribution in [0.5, 0.6) is 5.75 Å². The highest BCUT2D eigenvalue weighted by atomic mass is 32.2. The standard InChI is InChI=1S/C20H20F2N2O4S/c21-20(22)28-17-9-6-16(7-10-17)8-11-19(25)23-12-14-24(15-13-23)29(26,27)18-4-2-1-3-5-18/h1-11,20H,12-15H2. The van der Waals surface area contributed by atoms with Gasteiger partial charge in [0.05, 0.1) is 4.90 Å². The molecule has 0 aromatic heterocycles. The number of carbonyl (C=O) groups excluding carboxylic acids is 1. The number of hydrogen-bond acceptors (Lipinski definition) is 4. The minimum atomic E-state index is -3.57. The van der Waals surface area contributed by atoms with E-state index in [4.69, 9.17) is 0 Å². The number of rotatable bonds is 6. The second-order valence-electron chi connectivity index (χ2n) is 6.32. The summed E-state index contributed by atoms with van der Waals surface area (Å²) in [6.07, 6.45) is 2.95. The van der Waals surface area contributed by atoms with Crippen molar-refractivity contribution in [1.29, 1.82) is 0 Å². The number of piperazine rings is 1. The molecule has 0 bridgehead atoms. The number of sulfonamides is 1. The Morgan fingerprint density at radius 3 is 2.17 bits per heavy atom. The number of nitrogens with zero attached hydrogens (tertiary/aromatic N) is 2. The van der Waals surface area contributed by atoms with Crippen LogP contribution in [0.3, 0.4) is 0 Å². The lowest BCUT2D eigenvalue weighted by Crippen LogP contribution is -2.50. The van der Waals surface area contributed by atoms with E-state index >= 15 is 0 Å². The van der Waals surface area contributed by atoms with Gasteiger partial charge in [-0.15, -0.1) is 0 Å². The minimum Gasteiger partial charge on any atom is -0.435 e. The van der Waals surface area contributed by atoms with Crippen molar-refractivity contribution in [2.24, 2.45) is 0 Å². The molecule has 0 spiro atoms. The summed E-state index contributed by atoms with van der Waals surface area (Å²) >= 11 is 0. The van der Waals surface area contributed by atoms with Crippen LogP contribution < -0.4 is 4.74 Å². The van der Waals surface area contributed by atoms with Crippen LogP contribution in [0.2, 0.25) is 0 Å². The van der Waals surface area contributed by atoms with E-state index < -0.39 is 16.6 Å². The van der Waals surface area contributed by atoms with Crippen LogP contribution in [0.15, 0.2) is 65.6 Å². The molecule has 9 heteroatoms. The monoisotopic (exact) mass is 422 g/mol. The van der Waals surface area contributed by atoms with Crippen molar-refractivity contribution in [3.63, 3.8) is 0 Å². The fourth-order valence-electron chi connectivity index (χ4n) is 2.92. The molecule has 1 aliphatic rings. The number of hydrogen-bond donors (Lipinski definition) is 0. The zero-order chi connectivity index (χ0) is 20.9. The third-order valence-corrected chi connectivity index (χ3v) is 6.37. The normalized spacial score (nSPS) is 15.8. The average Bonchev–Trinajstić information content (AvgIpc) is 2.73. The molecule has 0 atom stereocenters. The van der Waals surface area contributed by atoms with E-state index in [2.05, 4.69) is 4.74 Å². The quantitative estimate of drug-likeness (QED) is 0.672. The summed E-state index contributed by atoms with van der Waals surface area (Å²) in [6.45, 7) is -1.87. The molecule has 0 aliphatic carbocycles. The Morgan fingerprint density at radius 2 is 1.59 bits per heavy atom. The number of carbonyl (C=O) groups is 1. The van der Waals surface area contributed by atoms with Crippen LogP contribution >= 0.6 is 0 Å². The van der Waals surface area contributed by atoms with Gasteiger partial charge in [0, 0.05) is 32.3 Å². The van der Waals surface area contributed by atoms with Gasteiger partial charge < -0.3 is 9.64 Å². The van der Waals surface area contributed by atoms with Crippen molar-refractivity contribution < 1.29 is 26.7 Å². The molecule has 154 valence electrons. The first kappa shape index (κ1) is 20.9. The second kappa shape index (κ2) is 9.15. The highest BCUT2D eigenvalue weighted by Gasteiger charge is 2.29. The van der Waals surface area contributed by atoms with E-state index in [-0.39, 0.29) is 42.7 Å². The van der Waals surface area contributed by atoms with Crippen molar-refractivity contribution >= 4 is 22.0 Å². The number of ether oxygens (including phenoxy) is 1. The van der Waals surface area contributed by atoms with Gasteiger partial charge in [0.1, 0.15) is 5.75 Å². The van der Waals surface area contributed by atoms with Gasteiger partial charge in [-0.1, -0.05) is 30.3 Å². The van der Waals surface area contributed by atoms with Crippen molar-refractivity contribution in [1.82, 2.24) is 9.21 Å². The topological polar surface area (TPSA) is 66.9 Å². The fraction of sp³-hybridized carbons (Fsp3) is 0.250. The lowest BCUT2D eigenvalue weighted by molar-refractivity contribution is -0.127. The molecule has 6 nitrogen and oxygen atoms in total. The summed E-state index contributed by atoms with van der Waals surface area (Å²) in [5.41, 5.74) is 0.658. The Hall–Kier alpha value is -2.78. The van der Waals surface area contributed by atoms with Gasteiger partial charge >= 0.3 is 6.61 Å². The Morgan fingerprint density at radius 1 is 0.966 bits per heavy atom. The van der Waals surface area contributed by atoms with Gasteiger partial charge in [0.15, 0.2) is 0 Å². The van der Waals surface area contributed by atoms with Crippen LogP contribution in [-0.4, -0.2) is 56.3 Å². The summed E-state index contributed by atoms with van der Waals surface area (Å²) in [6, 6.07) is 14.1. The van der Waals surface area contributed by atoms with Crippen LogP contribution in [0.25, 0.3) is 6.08 Å². The predicted molar refractivity (Wildman–Crippen MR) is 104 cm³/mol. The van der Waals surface area contributed by atoms with E-state index in [0.29, 0.717) is 5.56 Å². The van der Waals surface area contributed by atoms with E-state index in [1.807, 2.05) is 0 Å². The van der Waals surface area contributed by atoms with Gasteiger partial charge in [-0.2, -0.15) is 13.1 Å². The third kappa shape index (κ3) is 5.39. The molecule has 0 unspecified atom stereocenters. The Kier molecular flexibility index (Phi) is 6.60. The van der Waals surface area contributed by atoms with Crippen LogP contribution in [-0.2, 0) is 14.8 Å². The minimum absolute atomic E-state index is 0.0409. The Labute approximate surface area is 168 Å². The highest BCUT2D eigenvalue weighted by Crippen LogP contribution is 2.18. The molecule has 1 fully saturated rings. The van der Waals surface area contributed by atoms with E-state index in [9.17, 15) is 22.0 Å². The number of alkyl halides is 2. The highest BCUT2D eigenvalue weighted by molar-refractivity contribution is 7.89. The van der Waals surface area contributed by atoms with Gasteiger partial charge in [-0.05, 0) is 35.9 Å². The molecule has 2 aromatic rings. The maximum Gasteiger partial charge on any atom is 0.387 e. The predicted octanol–water partition coefficient (Wildman–Crippen LogP) is 2.83. The zero-order valence-corrected chi connectivity index (χ0v) is 16.3. The molecule has 1 aliphatic heterocycles. The molecule has 3 rings (SSSR count). The van der Waals surface area contributed by atoms with Gasteiger partial charge in [-0.25, -0.2) is 8.42 Å². The maximum atomic E-state index is 12.6. The Bertz CT molecular complexity index is 956. The number of benzene rings is 2. The average molecular weight is 422 g/mol. The van der Waals surface area contributed by atoms with E-state index in [1.54, 1.807) is 53.4 Å². The molecule has 1 amide bonds. The molecule has 1 saturated heterocycles. The van der Waals surface area contributed by atoms with E-state index in [0.717, 1.165) is 0 Å². The largest absolute Gasteiger partial charge is 0.435 e. The number of amides is 1. The summed E-state index contributed by atoms with van der Waals surface area (Å²) in [5, 5.41) is 0. The first-order valence-corrected chi connectivity index (χ1v) is 10.4. The van der Waals surface area contributed by atoms with Crippen molar-refractivity contribution in [2.45, 2.75) is 11.5 Å². The second-order valence-corrected chi connectivity index (χ2v) is 8.26. The van der Waals surface area contributed by atoms with Crippen LogP contribution in [0, 0.1) is 0 Å². The lowest BCUT2D eigenvalue weighted by Gasteiger charge is -2.33. The fourth-order valence-corrected chi connectivity index (χ4v) is 4.37. The maximum absolute atomic E-state index is 12.6. The summed E-state index contributed by atoms with van der Waals surface area (Å²) in [4.78, 5) is 14.2. The summed E-state index contributed by atoms with van der Waals surface area (Å²) < 4.78 is 55.2. The molecule has 29 heavy (non-hydrogen) atoms. The van der Waals surface area contributed by atoms with Crippen molar-refractivity contribution in [3.05, 3.63) is 66.2 Å². The Balaban J connectivity index is 1.55. The smallest absolute Gasteiger partial charge is 0.387 e. The SMILES string of the molecule is O=C(C=Cc1ccc(OC(F)F)cc1)N1CCN(S(=O)(=O)c2ccccc2)CC1. The molecule has 1 heterocycles. The third-order valence-electron chi connectivity index (χ3n) is 4.45. The zero-order valence-electron chi connectivity index (χ0n) is 15.4. The van der Waals surface area contributed by atoms with Gasteiger partial charge in [0.2, 0.25) is 15.9 Å². The first-order valence-electron chi connectivity index (χ1n) is 8.93. The molecule has 0 radical (unpaired) electrons. The molecule has 0 N–H and O–H groups in total. The van der Waals surface area contributed by atoms with Crippen LogP contribution in [0.4, 0.5) is 8.78 Å². The van der Waals surface area contributed by atoms with Gasteiger partial charge in [-0.3, -0.25) is 4.79 Å². The molecular formula is C20H20F2N2O4S. The first-order chi connectivity index (χ1) is 13.9. The van der Waals surface area contributed by atoms with Crippen molar-refractivity contribution in [3.8, 4) is 5.75 Å². The van der Waals surface area contributed by atoms with Crippen LogP contribution in [0.1, 0.15) is 5.56 Å². The van der Waals surface area contributed by atoms with Crippen molar-refractivity contribution in [2.75, 3.05) is 26.2 Å². The molecular weight excluding hydrogens is 402 g/mol. The van der Waals surface area contributed by atoms with Gasteiger partial charge in [0.25, 0.3) is 0 Å².